The van der Waals surface area contributed by atoms with E-state index in [2.05, 4.69) is 0 Å². The number of nitrogen functional groups attached to an aromatic ring is 1. The van der Waals surface area contributed by atoms with Crippen LogP contribution in [-0.2, 0) is 7.05 Å². The van der Waals surface area contributed by atoms with Crippen molar-refractivity contribution in [3.8, 4) is 5.69 Å². The number of para-hydroxylation sites is 2. The zero-order valence-corrected chi connectivity index (χ0v) is 8.77. The number of anilines is 1. The van der Waals surface area contributed by atoms with Crippen LogP contribution in [0.25, 0.3) is 5.69 Å². The number of imidazole rings is 1. The average molecular weight is 203 g/mol. The van der Waals surface area contributed by atoms with Crippen molar-refractivity contribution >= 4 is 5.69 Å². The van der Waals surface area contributed by atoms with Crippen LogP contribution >= 0.6 is 0 Å². The van der Waals surface area contributed by atoms with E-state index in [4.69, 9.17) is 5.73 Å². The lowest BCUT2D eigenvalue weighted by atomic mass is 10.2. The molecule has 0 saturated carbocycles. The van der Waals surface area contributed by atoms with Gasteiger partial charge in [-0.15, -0.1) is 0 Å². The Bertz CT molecular complexity index is 551. The topological polar surface area (TPSA) is 53.0 Å². The molecule has 15 heavy (non-hydrogen) atoms. The first-order chi connectivity index (χ1) is 7.11. The second kappa shape index (κ2) is 3.31. The fourth-order valence-corrected chi connectivity index (χ4v) is 1.69. The summed E-state index contributed by atoms with van der Waals surface area (Å²) in [4.78, 5) is 11.8. The van der Waals surface area contributed by atoms with Crippen molar-refractivity contribution in [3.05, 3.63) is 46.6 Å². The van der Waals surface area contributed by atoms with E-state index in [-0.39, 0.29) is 5.69 Å². The number of rotatable bonds is 1. The molecule has 0 aliphatic carbocycles. The zero-order chi connectivity index (χ0) is 11.0. The van der Waals surface area contributed by atoms with E-state index in [1.54, 1.807) is 28.4 Å². The van der Waals surface area contributed by atoms with Crippen molar-refractivity contribution in [2.45, 2.75) is 6.92 Å². The first kappa shape index (κ1) is 9.58. The molecule has 0 fully saturated rings. The van der Waals surface area contributed by atoms with Crippen LogP contribution in [0, 0.1) is 6.92 Å². The standard InChI is InChI=1S/C11H13N3O/c1-8-7-13(2)11(15)14(8)10-6-4-3-5-9(10)12/h3-7H,12H2,1-2H3. The van der Waals surface area contributed by atoms with Crippen LogP contribution in [0.3, 0.4) is 0 Å². The van der Waals surface area contributed by atoms with Crippen molar-refractivity contribution in [2.75, 3.05) is 5.73 Å². The van der Waals surface area contributed by atoms with Gasteiger partial charge in [0.2, 0.25) is 0 Å². The molecule has 0 atom stereocenters. The molecule has 0 bridgehead atoms. The number of hydrogen-bond donors (Lipinski definition) is 1. The monoisotopic (exact) mass is 203 g/mol. The maximum absolute atomic E-state index is 11.8. The predicted octanol–water partition coefficient (Wildman–Crippen LogP) is 1.07. The van der Waals surface area contributed by atoms with Crippen molar-refractivity contribution in [3.63, 3.8) is 0 Å². The summed E-state index contributed by atoms with van der Waals surface area (Å²) in [6.45, 7) is 1.88. The molecule has 1 heterocycles. The highest BCUT2D eigenvalue weighted by atomic mass is 16.1. The van der Waals surface area contributed by atoms with Crippen molar-refractivity contribution in [2.24, 2.45) is 7.05 Å². The third-order valence-electron chi connectivity index (χ3n) is 2.40. The van der Waals surface area contributed by atoms with Gasteiger partial charge in [-0.3, -0.25) is 4.57 Å². The molecule has 2 N–H and O–H groups in total. The van der Waals surface area contributed by atoms with Gasteiger partial charge in [0.05, 0.1) is 11.4 Å². The minimum atomic E-state index is -0.0783. The molecular weight excluding hydrogens is 190 g/mol. The molecule has 2 aromatic rings. The van der Waals surface area contributed by atoms with Crippen molar-refractivity contribution in [1.82, 2.24) is 9.13 Å². The summed E-state index contributed by atoms with van der Waals surface area (Å²) in [5.41, 5.74) is 7.97. The van der Waals surface area contributed by atoms with E-state index in [9.17, 15) is 4.79 Å². The summed E-state index contributed by atoms with van der Waals surface area (Å²) in [5.74, 6) is 0. The molecule has 78 valence electrons. The third kappa shape index (κ3) is 1.44. The van der Waals surface area contributed by atoms with Gasteiger partial charge in [-0.2, -0.15) is 0 Å². The van der Waals surface area contributed by atoms with E-state index in [0.29, 0.717) is 5.69 Å². The zero-order valence-electron chi connectivity index (χ0n) is 8.77. The summed E-state index contributed by atoms with van der Waals surface area (Å²) in [7, 11) is 1.73. The SMILES string of the molecule is Cc1cn(C)c(=O)n1-c1ccccc1N. The summed E-state index contributed by atoms with van der Waals surface area (Å²) in [6, 6.07) is 7.34. The van der Waals surface area contributed by atoms with Crippen LogP contribution in [0.5, 0.6) is 0 Å². The summed E-state index contributed by atoms with van der Waals surface area (Å²) < 4.78 is 3.15. The van der Waals surface area contributed by atoms with Gasteiger partial charge in [-0.25, -0.2) is 4.79 Å². The highest BCUT2D eigenvalue weighted by molar-refractivity contribution is 5.57. The lowest BCUT2D eigenvalue weighted by molar-refractivity contribution is 0.822. The van der Waals surface area contributed by atoms with Gasteiger partial charge in [-0.1, -0.05) is 12.1 Å². The number of nitrogens with zero attached hydrogens (tertiary/aromatic N) is 2. The van der Waals surface area contributed by atoms with Crippen molar-refractivity contribution < 1.29 is 0 Å². The van der Waals surface area contributed by atoms with Crippen LogP contribution in [-0.4, -0.2) is 9.13 Å². The van der Waals surface area contributed by atoms with Crippen LogP contribution < -0.4 is 11.4 Å². The van der Waals surface area contributed by atoms with Gasteiger partial charge in [0, 0.05) is 18.9 Å². The Kier molecular flexibility index (Phi) is 2.11. The number of nitrogens with two attached hydrogens (primary N) is 1. The summed E-state index contributed by atoms with van der Waals surface area (Å²) >= 11 is 0. The lowest BCUT2D eigenvalue weighted by Gasteiger charge is -2.06. The van der Waals surface area contributed by atoms with Crippen LogP contribution in [0.4, 0.5) is 5.69 Å². The molecule has 4 nitrogen and oxygen atoms in total. The van der Waals surface area contributed by atoms with E-state index in [0.717, 1.165) is 11.4 Å². The first-order valence-corrected chi connectivity index (χ1v) is 4.71. The number of hydrogen-bond acceptors (Lipinski definition) is 2. The van der Waals surface area contributed by atoms with Gasteiger partial charge < -0.3 is 10.3 Å². The Labute approximate surface area is 87.6 Å². The van der Waals surface area contributed by atoms with Gasteiger partial charge in [0.15, 0.2) is 0 Å². The molecule has 4 heteroatoms. The second-order valence-corrected chi connectivity index (χ2v) is 3.56. The van der Waals surface area contributed by atoms with Gasteiger partial charge in [0.25, 0.3) is 0 Å². The predicted molar refractivity (Wildman–Crippen MR) is 60.2 cm³/mol. The largest absolute Gasteiger partial charge is 0.397 e. The molecule has 2 rings (SSSR count). The molecule has 1 aromatic heterocycles. The lowest BCUT2D eigenvalue weighted by Crippen LogP contribution is -2.22. The highest BCUT2D eigenvalue weighted by Gasteiger charge is 2.09. The maximum Gasteiger partial charge on any atom is 0.332 e. The summed E-state index contributed by atoms with van der Waals surface area (Å²) in [5, 5.41) is 0. The Hall–Kier alpha value is -1.97. The minimum Gasteiger partial charge on any atom is -0.397 e. The van der Waals surface area contributed by atoms with E-state index in [1.807, 2.05) is 25.1 Å². The number of aromatic nitrogens is 2. The van der Waals surface area contributed by atoms with Crippen molar-refractivity contribution in [1.29, 1.82) is 0 Å². The molecule has 0 aliphatic rings. The quantitative estimate of drug-likeness (QED) is 0.705. The average Bonchev–Trinajstić information content (AvgIpc) is 2.43. The second-order valence-electron chi connectivity index (χ2n) is 3.56. The highest BCUT2D eigenvalue weighted by Crippen LogP contribution is 2.15. The third-order valence-corrected chi connectivity index (χ3v) is 2.40. The Morgan fingerprint density at radius 1 is 1.27 bits per heavy atom. The molecule has 1 aromatic carbocycles. The van der Waals surface area contributed by atoms with E-state index in [1.165, 1.54) is 0 Å². The van der Waals surface area contributed by atoms with Gasteiger partial charge in [-0.05, 0) is 19.1 Å². The Morgan fingerprint density at radius 3 is 2.47 bits per heavy atom. The van der Waals surface area contributed by atoms with Crippen LogP contribution in [0.15, 0.2) is 35.3 Å². The molecule has 0 unspecified atom stereocenters. The minimum absolute atomic E-state index is 0.0783. The molecular formula is C11H13N3O. The fourth-order valence-electron chi connectivity index (χ4n) is 1.69. The normalized spacial score (nSPS) is 10.5. The molecule has 0 radical (unpaired) electrons. The number of benzene rings is 1. The van der Waals surface area contributed by atoms with Gasteiger partial charge in [0.1, 0.15) is 0 Å². The summed E-state index contributed by atoms with van der Waals surface area (Å²) in [6.07, 6.45) is 1.79. The van der Waals surface area contributed by atoms with Crippen LogP contribution in [0.1, 0.15) is 5.69 Å². The Morgan fingerprint density at radius 2 is 1.93 bits per heavy atom. The molecule has 0 saturated heterocycles. The molecule has 0 aliphatic heterocycles. The molecule has 0 amide bonds. The van der Waals surface area contributed by atoms with E-state index < -0.39 is 0 Å². The maximum atomic E-state index is 11.8. The first-order valence-electron chi connectivity index (χ1n) is 4.71. The fraction of sp³-hybridized carbons (Fsp3) is 0.182. The van der Waals surface area contributed by atoms with Gasteiger partial charge >= 0.3 is 5.69 Å². The van der Waals surface area contributed by atoms with E-state index >= 15 is 0 Å². The number of aryl methyl sites for hydroxylation is 2. The van der Waals surface area contributed by atoms with Crippen LogP contribution in [0.2, 0.25) is 0 Å². The Balaban J connectivity index is 2.75. The molecule has 0 spiro atoms. The smallest absolute Gasteiger partial charge is 0.332 e.